The molecule has 0 aliphatic carbocycles. The van der Waals surface area contributed by atoms with Crippen LogP contribution in [0.4, 0.5) is 0 Å². The maximum atomic E-state index is 5.20. The van der Waals surface area contributed by atoms with E-state index in [2.05, 4.69) is 25.9 Å². The highest BCUT2D eigenvalue weighted by Crippen LogP contribution is 2.22. The summed E-state index contributed by atoms with van der Waals surface area (Å²) in [6, 6.07) is 5.74. The van der Waals surface area contributed by atoms with E-state index in [1.165, 1.54) is 0 Å². The number of hydrogen-bond donors (Lipinski definition) is 2. The van der Waals surface area contributed by atoms with Crippen molar-refractivity contribution in [1.29, 1.82) is 0 Å². The minimum atomic E-state index is 0.552. The summed E-state index contributed by atoms with van der Waals surface area (Å²) in [5.74, 6) is 2.17. The van der Waals surface area contributed by atoms with Gasteiger partial charge in [0, 0.05) is 12.6 Å². The standard InChI is InChI=1S/C11H15N5O2/c1-17-9-3-8(4-10(5-9)18-2)6-12-7-11-13-15-16-14-11/h3-5,12H,6-7H2,1-2H3,(H,13,14,15,16). The second-order valence-electron chi connectivity index (χ2n) is 3.65. The topological polar surface area (TPSA) is 85.0 Å². The van der Waals surface area contributed by atoms with Crippen molar-refractivity contribution in [3.8, 4) is 11.5 Å². The maximum absolute atomic E-state index is 5.20. The summed E-state index contributed by atoms with van der Waals surface area (Å²) in [5, 5.41) is 16.8. The van der Waals surface area contributed by atoms with E-state index in [9.17, 15) is 0 Å². The fourth-order valence-corrected chi connectivity index (χ4v) is 1.54. The van der Waals surface area contributed by atoms with Crippen molar-refractivity contribution in [3.05, 3.63) is 29.6 Å². The number of methoxy groups -OCH3 is 2. The number of rotatable bonds is 6. The van der Waals surface area contributed by atoms with Crippen molar-refractivity contribution in [2.45, 2.75) is 13.1 Å². The molecule has 0 saturated heterocycles. The van der Waals surface area contributed by atoms with Crippen molar-refractivity contribution in [2.24, 2.45) is 0 Å². The van der Waals surface area contributed by atoms with Crippen LogP contribution in [0.15, 0.2) is 18.2 Å². The third-order valence-corrected chi connectivity index (χ3v) is 2.41. The van der Waals surface area contributed by atoms with Gasteiger partial charge in [-0.1, -0.05) is 5.21 Å². The zero-order valence-corrected chi connectivity index (χ0v) is 10.3. The zero-order valence-electron chi connectivity index (χ0n) is 10.3. The van der Waals surface area contributed by atoms with Crippen LogP contribution >= 0.6 is 0 Å². The molecule has 7 heteroatoms. The van der Waals surface area contributed by atoms with Crippen molar-refractivity contribution in [2.75, 3.05) is 14.2 Å². The lowest BCUT2D eigenvalue weighted by molar-refractivity contribution is 0.393. The summed E-state index contributed by atoms with van der Waals surface area (Å²) >= 11 is 0. The number of benzene rings is 1. The summed E-state index contributed by atoms with van der Waals surface area (Å²) in [5.41, 5.74) is 1.06. The van der Waals surface area contributed by atoms with Gasteiger partial charge in [-0.15, -0.1) is 10.2 Å². The maximum Gasteiger partial charge on any atom is 0.188 e. The zero-order chi connectivity index (χ0) is 12.8. The molecule has 0 radical (unpaired) electrons. The lowest BCUT2D eigenvalue weighted by Crippen LogP contribution is -2.14. The minimum absolute atomic E-state index is 0.552. The molecule has 18 heavy (non-hydrogen) atoms. The van der Waals surface area contributed by atoms with Gasteiger partial charge in [0.05, 0.1) is 20.8 Å². The molecule has 0 fully saturated rings. The molecular formula is C11H15N5O2. The number of aromatic amines is 1. The van der Waals surface area contributed by atoms with Gasteiger partial charge in [0.2, 0.25) is 0 Å². The lowest BCUT2D eigenvalue weighted by Gasteiger charge is -2.08. The molecule has 0 aliphatic rings. The molecule has 0 saturated carbocycles. The van der Waals surface area contributed by atoms with Crippen LogP contribution in [0.5, 0.6) is 11.5 Å². The van der Waals surface area contributed by atoms with Crippen molar-refractivity contribution >= 4 is 0 Å². The van der Waals surface area contributed by atoms with Gasteiger partial charge in [-0.3, -0.25) is 0 Å². The molecule has 2 N–H and O–H groups in total. The molecule has 2 rings (SSSR count). The molecule has 0 spiro atoms. The van der Waals surface area contributed by atoms with E-state index in [0.29, 0.717) is 18.9 Å². The van der Waals surface area contributed by atoms with Gasteiger partial charge < -0.3 is 14.8 Å². The van der Waals surface area contributed by atoms with Gasteiger partial charge >= 0.3 is 0 Å². The van der Waals surface area contributed by atoms with Crippen LogP contribution in [0, 0.1) is 0 Å². The SMILES string of the molecule is COc1cc(CNCc2nn[nH]n2)cc(OC)c1. The fraction of sp³-hybridized carbons (Fsp3) is 0.364. The van der Waals surface area contributed by atoms with Crippen molar-refractivity contribution in [3.63, 3.8) is 0 Å². The van der Waals surface area contributed by atoms with Crippen LogP contribution in [-0.4, -0.2) is 34.8 Å². The third kappa shape index (κ3) is 3.17. The Balaban J connectivity index is 1.95. The van der Waals surface area contributed by atoms with Crippen LogP contribution in [0.25, 0.3) is 0 Å². The number of nitrogens with zero attached hydrogens (tertiary/aromatic N) is 3. The number of hydrogen-bond acceptors (Lipinski definition) is 6. The first-order chi connectivity index (χ1) is 8.81. The molecule has 0 aliphatic heterocycles. The summed E-state index contributed by atoms with van der Waals surface area (Å²) in [4.78, 5) is 0. The first-order valence-corrected chi connectivity index (χ1v) is 5.47. The Bertz CT molecular complexity index is 464. The Labute approximate surface area is 104 Å². The van der Waals surface area contributed by atoms with E-state index in [0.717, 1.165) is 17.1 Å². The number of H-pyrrole nitrogens is 1. The van der Waals surface area contributed by atoms with E-state index >= 15 is 0 Å². The Morgan fingerprint density at radius 1 is 1.11 bits per heavy atom. The van der Waals surface area contributed by atoms with Crippen molar-refractivity contribution in [1.82, 2.24) is 25.9 Å². The number of aromatic nitrogens is 4. The van der Waals surface area contributed by atoms with Crippen molar-refractivity contribution < 1.29 is 9.47 Å². The summed E-state index contributed by atoms with van der Waals surface area (Å²) in [6.07, 6.45) is 0. The van der Waals surface area contributed by atoms with Gasteiger partial charge in [-0.05, 0) is 17.7 Å². The summed E-state index contributed by atoms with van der Waals surface area (Å²) in [7, 11) is 3.26. The average molecular weight is 249 g/mol. The molecule has 0 atom stereocenters. The van der Waals surface area contributed by atoms with Crippen LogP contribution in [0.3, 0.4) is 0 Å². The first kappa shape index (κ1) is 12.3. The van der Waals surface area contributed by atoms with E-state index in [1.54, 1.807) is 14.2 Å². The Kier molecular flexibility index (Phi) is 4.08. The molecule has 0 bridgehead atoms. The minimum Gasteiger partial charge on any atom is -0.497 e. The highest BCUT2D eigenvalue weighted by molar-refractivity contribution is 5.38. The normalized spacial score (nSPS) is 10.3. The van der Waals surface area contributed by atoms with Crippen LogP contribution in [-0.2, 0) is 13.1 Å². The van der Waals surface area contributed by atoms with Gasteiger partial charge in [-0.2, -0.15) is 5.21 Å². The largest absolute Gasteiger partial charge is 0.497 e. The van der Waals surface area contributed by atoms with Gasteiger partial charge in [0.15, 0.2) is 5.82 Å². The quantitative estimate of drug-likeness (QED) is 0.775. The lowest BCUT2D eigenvalue weighted by atomic mass is 10.2. The molecular weight excluding hydrogens is 234 g/mol. The third-order valence-electron chi connectivity index (χ3n) is 2.41. The van der Waals surface area contributed by atoms with Gasteiger partial charge in [0.1, 0.15) is 11.5 Å². The predicted molar refractivity (Wildman–Crippen MR) is 64.3 cm³/mol. The predicted octanol–water partition coefficient (Wildman–Crippen LogP) is 0.507. The monoisotopic (exact) mass is 249 g/mol. The smallest absolute Gasteiger partial charge is 0.188 e. The summed E-state index contributed by atoms with van der Waals surface area (Å²) < 4.78 is 10.4. The molecule has 2 aromatic rings. The Morgan fingerprint density at radius 2 is 1.83 bits per heavy atom. The molecule has 96 valence electrons. The van der Waals surface area contributed by atoms with Crippen LogP contribution < -0.4 is 14.8 Å². The molecule has 1 aromatic carbocycles. The number of ether oxygens (including phenoxy) is 2. The van der Waals surface area contributed by atoms with Gasteiger partial charge in [0.25, 0.3) is 0 Å². The van der Waals surface area contributed by atoms with E-state index in [1.807, 2.05) is 18.2 Å². The second-order valence-corrected chi connectivity index (χ2v) is 3.65. The molecule has 0 amide bonds. The molecule has 1 aromatic heterocycles. The second kappa shape index (κ2) is 5.97. The van der Waals surface area contributed by atoms with E-state index < -0.39 is 0 Å². The Morgan fingerprint density at radius 3 is 2.39 bits per heavy atom. The van der Waals surface area contributed by atoms with Crippen LogP contribution in [0.1, 0.15) is 11.4 Å². The average Bonchev–Trinajstić information content (AvgIpc) is 2.91. The highest BCUT2D eigenvalue weighted by Gasteiger charge is 2.02. The molecule has 1 heterocycles. The Hall–Kier alpha value is -2.15. The molecule has 7 nitrogen and oxygen atoms in total. The summed E-state index contributed by atoms with van der Waals surface area (Å²) in [6.45, 7) is 1.22. The van der Waals surface area contributed by atoms with Gasteiger partial charge in [-0.25, -0.2) is 0 Å². The van der Waals surface area contributed by atoms with E-state index in [-0.39, 0.29) is 0 Å². The number of nitrogens with one attached hydrogen (secondary N) is 2. The van der Waals surface area contributed by atoms with E-state index in [4.69, 9.17) is 9.47 Å². The highest BCUT2D eigenvalue weighted by atomic mass is 16.5. The number of tetrazole rings is 1. The van der Waals surface area contributed by atoms with Crippen LogP contribution in [0.2, 0.25) is 0 Å². The first-order valence-electron chi connectivity index (χ1n) is 5.47. The fourth-order valence-electron chi connectivity index (χ4n) is 1.54. The molecule has 0 unspecified atom stereocenters.